The number of carbonyl (C=O) groups excluding carboxylic acids is 1. The molecule has 2 heterocycles. The van der Waals surface area contributed by atoms with E-state index in [2.05, 4.69) is 10.5 Å². The van der Waals surface area contributed by atoms with Crippen LogP contribution in [0, 0.1) is 38.3 Å². The van der Waals surface area contributed by atoms with Crippen molar-refractivity contribution >= 4 is 33.8 Å². The lowest BCUT2D eigenvalue weighted by Crippen LogP contribution is -2.44. The third-order valence-electron chi connectivity index (χ3n) is 6.22. The Hall–Kier alpha value is -3.37. The van der Waals surface area contributed by atoms with Crippen LogP contribution >= 0.6 is 0 Å². The van der Waals surface area contributed by atoms with Crippen LogP contribution in [0.5, 0.6) is 0 Å². The molecule has 0 radical (unpaired) electrons. The molecule has 0 aliphatic carbocycles. The Morgan fingerprint density at radius 3 is 2.67 bits per heavy atom. The molecule has 190 valence electrons. The Bertz CT molecular complexity index is 1430. The van der Waals surface area contributed by atoms with Crippen LogP contribution in [-0.2, 0) is 14.8 Å². The molecule has 1 N–H and O–H groups in total. The molecule has 2 aromatic carbocycles. The third-order valence-corrected chi connectivity index (χ3v) is 8.25. The van der Waals surface area contributed by atoms with Crippen molar-refractivity contribution in [1.29, 1.82) is 0 Å². The van der Waals surface area contributed by atoms with Gasteiger partial charge in [0.2, 0.25) is 15.9 Å². The van der Waals surface area contributed by atoms with Crippen LogP contribution in [0.15, 0.2) is 45.8 Å². The molecular weight excluding hydrogens is 488 g/mol. The number of carbonyl (C=O) groups is 1. The second kappa shape index (κ2) is 10.3. The van der Waals surface area contributed by atoms with E-state index in [1.54, 1.807) is 19.1 Å². The quantitative estimate of drug-likeness (QED) is 0.494. The molecule has 1 fully saturated rings. The maximum absolute atomic E-state index is 14.0. The molecule has 10 heteroatoms. The van der Waals surface area contributed by atoms with E-state index in [1.807, 2.05) is 32.0 Å². The number of benzene rings is 2. The zero-order valence-electron chi connectivity index (χ0n) is 20.2. The fourth-order valence-corrected chi connectivity index (χ4v) is 6.01. The molecular formula is C26H27F2N3O4S. The Kier molecular flexibility index (Phi) is 7.37. The van der Waals surface area contributed by atoms with Gasteiger partial charge in [-0.1, -0.05) is 35.0 Å². The monoisotopic (exact) mass is 515 g/mol. The summed E-state index contributed by atoms with van der Waals surface area (Å²) in [5.41, 5.74) is 3.08. The predicted molar refractivity (Wildman–Crippen MR) is 133 cm³/mol. The first kappa shape index (κ1) is 25.7. The van der Waals surface area contributed by atoms with Crippen LogP contribution in [0.3, 0.4) is 0 Å². The van der Waals surface area contributed by atoms with Gasteiger partial charge in [0.15, 0.2) is 10.7 Å². The summed E-state index contributed by atoms with van der Waals surface area (Å²) >= 11 is 0. The average Bonchev–Trinajstić information content (AvgIpc) is 3.22. The van der Waals surface area contributed by atoms with Crippen molar-refractivity contribution in [2.45, 2.75) is 38.5 Å². The summed E-state index contributed by atoms with van der Waals surface area (Å²) in [4.78, 5) is 12.7. The smallest absolute Gasteiger partial charge is 0.248 e. The van der Waals surface area contributed by atoms with E-state index < -0.39 is 33.5 Å². The average molecular weight is 516 g/mol. The molecule has 1 amide bonds. The van der Waals surface area contributed by atoms with Crippen LogP contribution < -0.4 is 5.32 Å². The number of nitrogens with one attached hydrogen (secondary N) is 1. The number of piperidine rings is 1. The number of rotatable bonds is 6. The summed E-state index contributed by atoms with van der Waals surface area (Å²) in [7, 11) is -4.03. The van der Waals surface area contributed by atoms with Crippen LogP contribution in [0.1, 0.15) is 41.0 Å². The van der Waals surface area contributed by atoms with Crippen molar-refractivity contribution in [1.82, 2.24) is 9.46 Å². The number of anilines is 1. The number of hydrogen-bond acceptors (Lipinski definition) is 5. The summed E-state index contributed by atoms with van der Waals surface area (Å²) in [6.07, 6.45) is 4.25. The van der Waals surface area contributed by atoms with Crippen LogP contribution in [-0.4, -0.2) is 36.9 Å². The Labute approximate surface area is 208 Å². The number of sulfonamides is 1. The van der Waals surface area contributed by atoms with E-state index in [1.165, 1.54) is 4.31 Å². The minimum atomic E-state index is -4.03. The Morgan fingerprint density at radius 2 is 1.92 bits per heavy atom. The lowest BCUT2D eigenvalue weighted by molar-refractivity contribution is -0.120. The standard InChI is InChI=1S/C26H27F2N3O4S/c1-16-6-7-17(2)19(13-16)8-11-24-25(18(3)30-35-24)36(33,34)31-12-4-5-20(15-31)26(32)29-23-10-9-21(27)14-22(23)28/h6-11,13-14,20H,4-5,12,15H2,1-3H3,(H,29,32)/b11-8+/t20-/m0/s1. The summed E-state index contributed by atoms with van der Waals surface area (Å²) in [5, 5.41) is 6.31. The van der Waals surface area contributed by atoms with Gasteiger partial charge in [-0.05, 0) is 62.9 Å². The fraction of sp³-hybridized carbons (Fsp3) is 0.308. The minimum absolute atomic E-state index is 0.0466. The molecule has 36 heavy (non-hydrogen) atoms. The highest BCUT2D eigenvalue weighted by atomic mass is 32.2. The molecule has 0 saturated carbocycles. The first-order chi connectivity index (χ1) is 17.1. The summed E-state index contributed by atoms with van der Waals surface area (Å²) in [5.74, 6) is -2.78. The van der Waals surface area contributed by atoms with Crippen molar-refractivity contribution < 1.29 is 26.5 Å². The highest BCUT2D eigenvalue weighted by Crippen LogP contribution is 2.30. The van der Waals surface area contributed by atoms with Crippen LogP contribution in [0.25, 0.3) is 12.2 Å². The third kappa shape index (κ3) is 5.39. The predicted octanol–water partition coefficient (Wildman–Crippen LogP) is 5.09. The number of halogens is 2. The van der Waals surface area contributed by atoms with Crippen molar-refractivity contribution in [3.8, 4) is 0 Å². The van der Waals surface area contributed by atoms with E-state index in [0.29, 0.717) is 18.9 Å². The van der Waals surface area contributed by atoms with Gasteiger partial charge in [-0.2, -0.15) is 4.31 Å². The first-order valence-corrected chi connectivity index (χ1v) is 13.0. The van der Waals surface area contributed by atoms with Gasteiger partial charge in [-0.15, -0.1) is 0 Å². The Balaban J connectivity index is 1.55. The van der Waals surface area contributed by atoms with Crippen molar-refractivity contribution in [3.63, 3.8) is 0 Å². The van der Waals surface area contributed by atoms with Gasteiger partial charge in [0.05, 0.1) is 11.6 Å². The number of hydrogen-bond donors (Lipinski definition) is 1. The van der Waals surface area contributed by atoms with E-state index in [9.17, 15) is 22.0 Å². The molecule has 1 aromatic heterocycles. The lowest BCUT2D eigenvalue weighted by Gasteiger charge is -2.31. The molecule has 1 aliphatic rings. The number of aromatic nitrogens is 1. The fourth-order valence-electron chi connectivity index (χ4n) is 4.23. The topological polar surface area (TPSA) is 92.5 Å². The molecule has 3 aromatic rings. The number of aryl methyl sites for hydroxylation is 3. The first-order valence-electron chi connectivity index (χ1n) is 11.5. The van der Waals surface area contributed by atoms with E-state index in [4.69, 9.17) is 4.52 Å². The highest BCUT2D eigenvalue weighted by Gasteiger charge is 2.37. The summed E-state index contributed by atoms with van der Waals surface area (Å²) < 4.78 is 60.9. The van der Waals surface area contributed by atoms with Crippen LogP contribution in [0.2, 0.25) is 0 Å². The summed E-state index contributed by atoms with van der Waals surface area (Å²) in [6.45, 7) is 5.62. The van der Waals surface area contributed by atoms with Gasteiger partial charge >= 0.3 is 0 Å². The number of nitrogens with zero attached hydrogens (tertiary/aromatic N) is 2. The van der Waals surface area contributed by atoms with Crippen molar-refractivity contribution in [2.24, 2.45) is 5.92 Å². The lowest BCUT2D eigenvalue weighted by atomic mass is 9.98. The SMILES string of the molecule is Cc1ccc(C)c(/C=C/c2onc(C)c2S(=O)(=O)N2CCC[C@H](C(=O)Nc3ccc(F)cc3F)C2)c1. The van der Waals surface area contributed by atoms with Gasteiger partial charge in [0.1, 0.15) is 17.3 Å². The zero-order chi connectivity index (χ0) is 26.0. The molecule has 0 spiro atoms. The molecule has 1 saturated heterocycles. The molecule has 1 atom stereocenters. The Morgan fingerprint density at radius 1 is 1.14 bits per heavy atom. The molecule has 0 bridgehead atoms. The van der Waals surface area contributed by atoms with Gasteiger partial charge in [-0.3, -0.25) is 4.79 Å². The van der Waals surface area contributed by atoms with Gasteiger partial charge in [-0.25, -0.2) is 17.2 Å². The second-order valence-corrected chi connectivity index (χ2v) is 10.8. The molecule has 0 unspecified atom stereocenters. The highest BCUT2D eigenvalue weighted by molar-refractivity contribution is 7.89. The summed E-state index contributed by atoms with van der Waals surface area (Å²) in [6, 6.07) is 8.81. The van der Waals surface area contributed by atoms with E-state index in [-0.39, 0.29) is 35.1 Å². The van der Waals surface area contributed by atoms with Crippen molar-refractivity contribution in [3.05, 3.63) is 76.2 Å². The molecule has 1 aliphatic heterocycles. The van der Waals surface area contributed by atoms with Crippen LogP contribution in [0.4, 0.5) is 14.5 Å². The van der Waals surface area contributed by atoms with Gasteiger partial charge in [0.25, 0.3) is 0 Å². The largest absolute Gasteiger partial charge is 0.355 e. The minimum Gasteiger partial charge on any atom is -0.355 e. The second-order valence-electron chi connectivity index (χ2n) is 8.97. The van der Waals surface area contributed by atoms with E-state index in [0.717, 1.165) is 28.8 Å². The normalized spacial score (nSPS) is 17.0. The maximum atomic E-state index is 14.0. The molecule has 7 nitrogen and oxygen atoms in total. The number of amides is 1. The van der Waals surface area contributed by atoms with Crippen molar-refractivity contribution in [2.75, 3.05) is 18.4 Å². The van der Waals surface area contributed by atoms with E-state index >= 15 is 0 Å². The molecule has 4 rings (SSSR count). The maximum Gasteiger partial charge on any atom is 0.248 e. The zero-order valence-corrected chi connectivity index (χ0v) is 21.0. The van der Waals surface area contributed by atoms with Gasteiger partial charge < -0.3 is 9.84 Å². The van der Waals surface area contributed by atoms with Gasteiger partial charge in [0, 0.05) is 19.2 Å².